The summed E-state index contributed by atoms with van der Waals surface area (Å²) in [5.74, 6) is -2.89. The molecule has 27 heavy (non-hydrogen) atoms. The number of esters is 2. The first kappa shape index (κ1) is 22.8. The van der Waals surface area contributed by atoms with Crippen LogP contribution >= 0.6 is 0 Å². The minimum absolute atomic E-state index is 0.00232. The van der Waals surface area contributed by atoms with E-state index in [1.54, 1.807) is 26.8 Å². The zero-order chi connectivity index (χ0) is 20.6. The normalized spacial score (nSPS) is 21.1. The van der Waals surface area contributed by atoms with Gasteiger partial charge in [-0.3, -0.25) is 9.59 Å². The monoisotopic (exact) mass is 382 g/mol. The fourth-order valence-electron chi connectivity index (χ4n) is 2.90. The van der Waals surface area contributed by atoms with E-state index in [0.29, 0.717) is 6.42 Å². The van der Waals surface area contributed by atoms with Crippen molar-refractivity contribution >= 4 is 24.1 Å². The third-order valence-corrected chi connectivity index (χ3v) is 4.07. The summed E-state index contributed by atoms with van der Waals surface area (Å²) in [4.78, 5) is 39.5. The molecule has 3 atom stereocenters. The van der Waals surface area contributed by atoms with Crippen molar-refractivity contribution in [2.45, 2.75) is 57.7 Å². The number of hydrogen-bond donors (Lipinski definition) is 1. The first-order valence-electron chi connectivity index (χ1n) is 8.96. The van der Waals surface area contributed by atoms with E-state index in [9.17, 15) is 14.4 Å². The smallest absolute Gasteiger partial charge is 0.331 e. The van der Waals surface area contributed by atoms with Gasteiger partial charge in [-0.2, -0.15) is 0 Å². The molecule has 8 heteroatoms. The number of carbonyl (C=O) groups excluding carboxylic acids is 3. The van der Waals surface area contributed by atoms with Crippen LogP contribution in [0.1, 0.15) is 40.0 Å². The Bertz CT molecular complexity index is 569. The fourth-order valence-corrected chi connectivity index (χ4v) is 2.90. The molecule has 0 radical (unpaired) electrons. The first-order valence-corrected chi connectivity index (χ1v) is 8.96. The van der Waals surface area contributed by atoms with Crippen molar-refractivity contribution in [2.75, 3.05) is 20.3 Å². The van der Waals surface area contributed by atoms with E-state index in [0.717, 1.165) is 6.21 Å². The van der Waals surface area contributed by atoms with Crippen molar-refractivity contribution in [3.05, 3.63) is 12.7 Å². The van der Waals surface area contributed by atoms with Gasteiger partial charge in [-0.05, 0) is 46.2 Å². The Morgan fingerprint density at radius 1 is 1.33 bits per heavy atom. The van der Waals surface area contributed by atoms with E-state index in [4.69, 9.17) is 19.6 Å². The lowest BCUT2D eigenvalue weighted by Crippen LogP contribution is -2.60. The second kappa shape index (κ2) is 10.2. The van der Waals surface area contributed by atoms with Crippen molar-refractivity contribution in [2.24, 2.45) is 5.92 Å². The van der Waals surface area contributed by atoms with Gasteiger partial charge in [0.05, 0.1) is 26.4 Å². The number of rotatable bonds is 8. The summed E-state index contributed by atoms with van der Waals surface area (Å²) in [7, 11) is 1.24. The van der Waals surface area contributed by atoms with Crippen LogP contribution in [0.2, 0.25) is 0 Å². The van der Waals surface area contributed by atoms with Crippen LogP contribution in [-0.2, 0) is 28.6 Å². The van der Waals surface area contributed by atoms with Crippen LogP contribution in [0.5, 0.6) is 0 Å². The highest BCUT2D eigenvalue weighted by Gasteiger charge is 2.44. The Morgan fingerprint density at radius 3 is 2.52 bits per heavy atom. The van der Waals surface area contributed by atoms with E-state index in [-0.39, 0.29) is 26.1 Å². The molecule has 1 N–H and O–H groups in total. The second-order valence-electron chi connectivity index (χ2n) is 7.37. The number of nitrogens with zero attached hydrogens (tertiary/aromatic N) is 1. The highest BCUT2D eigenvalue weighted by molar-refractivity contribution is 6.00. The average molecular weight is 382 g/mol. The van der Waals surface area contributed by atoms with Crippen molar-refractivity contribution < 1.29 is 28.6 Å². The topological polar surface area (TPSA) is 106 Å². The molecule has 152 valence electrons. The number of amides is 1. The highest BCUT2D eigenvalue weighted by Crippen LogP contribution is 2.24. The SMILES string of the molecule is C=CCC1COCC(C(=O)OC)N1C(=O)C(CCC=N)C(=O)OC(C)(C)C. The molecule has 0 aliphatic carbocycles. The number of hydrogen-bond acceptors (Lipinski definition) is 7. The molecule has 3 unspecified atom stereocenters. The van der Waals surface area contributed by atoms with Crippen LogP contribution in [0, 0.1) is 11.3 Å². The quantitative estimate of drug-likeness (QED) is 0.296. The minimum Gasteiger partial charge on any atom is -0.467 e. The molecule has 0 aromatic rings. The molecule has 8 nitrogen and oxygen atoms in total. The third kappa shape index (κ3) is 6.46. The lowest BCUT2D eigenvalue weighted by atomic mass is 9.97. The van der Waals surface area contributed by atoms with E-state index in [2.05, 4.69) is 6.58 Å². The van der Waals surface area contributed by atoms with Gasteiger partial charge in [0.25, 0.3) is 0 Å². The third-order valence-electron chi connectivity index (χ3n) is 4.07. The summed E-state index contributed by atoms with van der Waals surface area (Å²) in [5.41, 5.74) is -0.756. The van der Waals surface area contributed by atoms with Crippen molar-refractivity contribution in [1.82, 2.24) is 4.90 Å². The van der Waals surface area contributed by atoms with Crippen molar-refractivity contribution in [1.29, 1.82) is 5.41 Å². The molecule has 1 saturated heterocycles. The molecule has 0 bridgehead atoms. The van der Waals surface area contributed by atoms with Gasteiger partial charge >= 0.3 is 11.9 Å². The lowest BCUT2D eigenvalue weighted by molar-refractivity contribution is -0.175. The molecule has 0 aromatic heterocycles. The maximum atomic E-state index is 13.3. The molecule has 0 aromatic carbocycles. The predicted octanol–water partition coefficient (Wildman–Crippen LogP) is 1.72. The molecule has 0 spiro atoms. The molecule has 1 fully saturated rings. The van der Waals surface area contributed by atoms with Crippen molar-refractivity contribution in [3.8, 4) is 0 Å². The number of carbonyl (C=O) groups is 3. The van der Waals surface area contributed by atoms with E-state index in [1.165, 1.54) is 12.0 Å². The molecule has 1 amide bonds. The largest absolute Gasteiger partial charge is 0.467 e. The highest BCUT2D eigenvalue weighted by atomic mass is 16.6. The number of methoxy groups -OCH3 is 1. The Labute approximate surface area is 160 Å². The Kier molecular flexibility index (Phi) is 8.62. The van der Waals surface area contributed by atoms with Gasteiger partial charge in [0, 0.05) is 0 Å². The molecule has 1 aliphatic heterocycles. The predicted molar refractivity (Wildman–Crippen MR) is 99.4 cm³/mol. The maximum absolute atomic E-state index is 13.3. The number of morpholine rings is 1. The van der Waals surface area contributed by atoms with Gasteiger partial charge in [-0.1, -0.05) is 6.08 Å². The first-order chi connectivity index (χ1) is 12.7. The molecular formula is C19H30N2O6. The Balaban J connectivity index is 3.20. The summed E-state index contributed by atoms with van der Waals surface area (Å²) in [6, 6.07) is -1.37. The molecule has 1 heterocycles. The summed E-state index contributed by atoms with van der Waals surface area (Å²) in [6.45, 7) is 9.07. The van der Waals surface area contributed by atoms with Crippen LogP contribution in [0.4, 0.5) is 0 Å². The molecular weight excluding hydrogens is 352 g/mol. The molecule has 1 rings (SSSR count). The Hall–Kier alpha value is -2.22. The van der Waals surface area contributed by atoms with Gasteiger partial charge in [-0.25, -0.2) is 4.79 Å². The average Bonchev–Trinajstić information content (AvgIpc) is 2.59. The van der Waals surface area contributed by atoms with E-state index in [1.807, 2.05) is 0 Å². The Morgan fingerprint density at radius 2 is 2.00 bits per heavy atom. The number of ether oxygens (including phenoxy) is 3. The zero-order valence-corrected chi connectivity index (χ0v) is 16.5. The van der Waals surface area contributed by atoms with E-state index < -0.39 is 41.4 Å². The summed E-state index contributed by atoms with van der Waals surface area (Å²) >= 11 is 0. The van der Waals surface area contributed by atoms with Gasteiger partial charge in [0.1, 0.15) is 11.5 Å². The van der Waals surface area contributed by atoms with Crippen LogP contribution in [-0.4, -0.2) is 67.0 Å². The molecule has 1 aliphatic rings. The van der Waals surface area contributed by atoms with Crippen LogP contribution in [0.15, 0.2) is 12.7 Å². The summed E-state index contributed by atoms with van der Waals surface area (Å²) in [5, 5.41) is 7.24. The lowest BCUT2D eigenvalue weighted by Gasteiger charge is -2.41. The number of nitrogens with one attached hydrogen (secondary N) is 1. The maximum Gasteiger partial charge on any atom is 0.331 e. The second-order valence-corrected chi connectivity index (χ2v) is 7.37. The van der Waals surface area contributed by atoms with E-state index >= 15 is 0 Å². The van der Waals surface area contributed by atoms with Gasteiger partial charge in [0.15, 0.2) is 6.04 Å². The van der Waals surface area contributed by atoms with Crippen LogP contribution in [0.25, 0.3) is 0 Å². The standard InChI is InChI=1S/C19H30N2O6/c1-6-8-13-11-26-12-15(18(24)25-5)21(13)16(22)14(9-7-10-20)17(23)27-19(2,3)4/h6,10,13-15,20H,1,7-9,11-12H2,2-5H3. The van der Waals surface area contributed by atoms with Crippen molar-refractivity contribution in [3.63, 3.8) is 0 Å². The van der Waals surface area contributed by atoms with Gasteiger partial charge < -0.3 is 24.5 Å². The summed E-state index contributed by atoms with van der Waals surface area (Å²) < 4.78 is 15.7. The van der Waals surface area contributed by atoms with Gasteiger partial charge in [0.2, 0.25) is 5.91 Å². The van der Waals surface area contributed by atoms with Crippen LogP contribution in [0.3, 0.4) is 0 Å². The molecule has 0 saturated carbocycles. The minimum atomic E-state index is -1.11. The van der Waals surface area contributed by atoms with Crippen LogP contribution < -0.4 is 0 Å². The van der Waals surface area contributed by atoms with Gasteiger partial charge in [-0.15, -0.1) is 6.58 Å². The fraction of sp³-hybridized carbons (Fsp3) is 0.684. The zero-order valence-electron chi connectivity index (χ0n) is 16.5. The summed E-state index contributed by atoms with van der Waals surface area (Å²) in [6.07, 6.45) is 3.56.